The van der Waals surface area contributed by atoms with Crippen LogP contribution in [-0.2, 0) is 17.6 Å². The number of fused-ring (bicyclic) bond motifs is 1. The number of aryl methyl sites for hydroxylation is 2. The molecule has 2 aliphatic rings. The zero-order valence-electron chi connectivity index (χ0n) is 12.2. The predicted octanol–water partition coefficient (Wildman–Crippen LogP) is 2.14. The third-order valence-electron chi connectivity index (χ3n) is 4.15. The largest absolute Gasteiger partial charge is 0.377 e. The smallest absolute Gasteiger partial charge is 0.129 e. The number of unbranched alkanes of at least 4 members (excludes halogenated alkanes) is 1. The number of nitrogens with zero attached hydrogens (tertiary/aromatic N) is 1. The summed E-state index contributed by atoms with van der Waals surface area (Å²) in [4.78, 5) is 4.73. The molecule has 1 aromatic rings. The Kier molecular flexibility index (Phi) is 4.87. The average Bonchev–Trinajstić information content (AvgIpc) is 3.00. The van der Waals surface area contributed by atoms with Gasteiger partial charge in [-0.25, -0.2) is 4.98 Å². The van der Waals surface area contributed by atoms with Crippen LogP contribution in [-0.4, -0.2) is 37.3 Å². The van der Waals surface area contributed by atoms with E-state index in [1.807, 2.05) is 0 Å². The molecule has 2 N–H and O–H groups in total. The van der Waals surface area contributed by atoms with Crippen molar-refractivity contribution in [1.82, 2.24) is 10.3 Å². The normalized spacial score (nSPS) is 21.5. The molecule has 4 nitrogen and oxygen atoms in total. The minimum atomic E-state index is 0.445. The molecular formula is C16H25N3O. The second-order valence-corrected chi connectivity index (χ2v) is 5.78. The molecule has 0 bridgehead atoms. The first-order valence-corrected chi connectivity index (χ1v) is 7.97. The van der Waals surface area contributed by atoms with Crippen molar-refractivity contribution in [2.45, 2.75) is 44.6 Å². The number of nitrogens with one attached hydrogen (secondary N) is 2. The second kappa shape index (κ2) is 7.04. The maximum atomic E-state index is 5.84. The van der Waals surface area contributed by atoms with Crippen molar-refractivity contribution in [3.05, 3.63) is 23.4 Å². The Labute approximate surface area is 121 Å². The second-order valence-electron chi connectivity index (χ2n) is 5.78. The minimum Gasteiger partial charge on any atom is -0.377 e. The summed E-state index contributed by atoms with van der Waals surface area (Å²) in [5.74, 6) is 1.11. The molecule has 1 saturated heterocycles. The summed E-state index contributed by atoms with van der Waals surface area (Å²) < 4.78 is 5.84. The van der Waals surface area contributed by atoms with Crippen LogP contribution in [0.4, 0.5) is 5.82 Å². The predicted molar refractivity (Wildman–Crippen MR) is 81.2 cm³/mol. The Bertz CT molecular complexity index is 430. The van der Waals surface area contributed by atoms with Crippen molar-refractivity contribution in [1.29, 1.82) is 0 Å². The van der Waals surface area contributed by atoms with Crippen LogP contribution in [0.25, 0.3) is 0 Å². The molecule has 1 atom stereocenters. The van der Waals surface area contributed by atoms with Gasteiger partial charge in [-0.05, 0) is 56.7 Å². The Balaban J connectivity index is 1.37. The van der Waals surface area contributed by atoms with Crippen LogP contribution in [0.2, 0.25) is 0 Å². The maximum absolute atomic E-state index is 5.84. The van der Waals surface area contributed by atoms with Crippen LogP contribution in [0.5, 0.6) is 0 Å². The number of anilines is 1. The average molecular weight is 275 g/mol. The fourth-order valence-corrected chi connectivity index (χ4v) is 2.94. The van der Waals surface area contributed by atoms with Crippen LogP contribution in [0.15, 0.2) is 12.1 Å². The molecule has 0 aliphatic carbocycles. The number of hydrogen-bond acceptors (Lipinski definition) is 4. The van der Waals surface area contributed by atoms with Crippen molar-refractivity contribution < 1.29 is 4.74 Å². The van der Waals surface area contributed by atoms with Gasteiger partial charge >= 0.3 is 0 Å². The molecule has 0 unspecified atom stereocenters. The lowest BCUT2D eigenvalue weighted by Gasteiger charge is -2.17. The molecule has 110 valence electrons. The van der Waals surface area contributed by atoms with E-state index in [9.17, 15) is 0 Å². The molecule has 1 fully saturated rings. The SMILES string of the molecule is c1cc2c(nc1CCCCO[C@@H]1CCNC1)NCCC2. The van der Waals surface area contributed by atoms with Gasteiger partial charge in [-0.15, -0.1) is 0 Å². The van der Waals surface area contributed by atoms with Gasteiger partial charge in [0.05, 0.1) is 6.10 Å². The first kappa shape index (κ1) is 13.8. The van der Waals surface area contributed by atoms with E-state index >= 15 is 0 Å². The molecule has 20 heavy (non-hydrogen) atoms. The Morgan fingerprint density at radius 1 is 1.25 bits per heavy atom. The van der Waals surface area contributed by atoms with E-state index in [0.29, 0.717) is 6.10 Å². The number of hydrogen-bond donors (Lipinski definition) is 2. The standard InChI is InChI=1S/C16H25N3O/c1(2-11-20-15-8-10-17-12-15)5-14-7-6-13-4-3-9-18-16(13)19-14/h6-7,15,17H,1-5,8-12H2,(H,18,19)/t15-/m1/s1. The highest BCUT2D eigenvalue weighted by Crippen LogP contribution is 2.20. The fourth-order valence-electron chi connectivity index (χ4n) is 2.94. The molecular weight excluding hydrogens is 250 g/mol. The molecule has 2 aliphatic heterocycles. The fraction of sp³-hybridized carbons (Fsp3) is 0.688. The molecule has 3 heterocycles. The summed E-state index contributed by atoms with van der Waals surface area (Å²) in [6.45, 7) is 4.08. The van der Waals surface area contributed by atoms with Crippen molar-refractivity contribution in [3.8, 4) is 0 Å². The molecule has 0 aromatic carbocycles. The van der Waals surface area contributed by atoms with E-state index in [0.717, 1.165) is 57.7 Å². The van der Waals surface area contributed by atoms with Gasteiger partial charge in [-0.2, -0.15) is 0 Å². The third-order valence-corrected chi connectivity index (χ3v) is 4.15. The number of aromatic nitrogens is 1. The van der Waals surface area contributed by atoms with Crippen LogP contribution < -0.4 is 10.6 Å². The van der Waals surface area contributed by atoms with Gasteiger partial charge in [0.25, 0.3) is 0 Å². The summed E-state index contributed by atoms with van der Waals surface area (Å²) in [5.41, 5.74) is 2.58. The molecule has 3 rings (SSSR count). The highest BCUT2D eigenvalue weighted by atomic mass is 16.5. The number of pyridine rings is 1. The highest BCUT2D eigenvalue weighted by Gasteiger charge is 2.14. The van der Waals surface area contributed by atoms with E-state index < -0.39 is 0 Å². The van der Waals surface area contributed by atoms with Crippen LogP contribution >= 0.6 is 0 Å². The molecule has 0 spiro atoms. The molecule has 0 radical (unpaired) electrons. The highest BCUT2D eigenvalue weighted by molar-refractivity contribution is 5.46. The van der Waals surface area contributed by atoms with Gasteiger partial charge in [-0.3, -0.25) is 0 Å². The van der Waals surface area contributed by atoms with Gasteiger partial charge in [0.2, 0.25) is 0 Å². The van der Waals surface area contributed by atoms with Crippen molar-refractivity contribution in [2.75, 3.05) is 31.6 Å². The summed E-state index contributed by atoms with van der Waals surface area (Å²) in [6, 6.07) is 4.43. The van der Waals surface area contributed by atoms with Crippen LogP contribution in [0.1, 0.15) is 36.9 Å². The number of rotatable bonds is 6. The van der Waals surface area contributed by atoms with Crippen molar-refractivity contribution >= 4 is 5.82 Å². The van der Waals surface area contributed by atoms with E-state index in [2.05, 4.69) is 22.8 Å². The van der Waals surface area contributed by atoms with Crippen molar-refractivity contribution in [3.63, 3.8) is 0 Å². The molecule has 0 saturated carbocycles. The quantitative estimate of drug-likeness (QED) is 0.781. The van der Waals surface area contributed by atoms with Gasteiger partial charge in [0.1, 0.15) is 5.82 Å². The van der Waals surface area contributed by atoms with Crippen molar-refractivity contribution in [2.24, 2.45) is 0 Å². The first-order chi connectivity index (χ1) is 9.92. The number of ether oxygens (including phenoxy) is 1. The monoisotopic (exact) mass is 275 g/mol. The van der Waals surface area contributed by atoms with Gasteiger partial charge in [0, 0.05) is 25.4 Å². The Morgan fingerprint density at radius 2 is 2.25 bits per heavy atom. The first-order valence-electron chi connectivity index (χ1n) is 7.97. The third kappa shape index (κ3) is 3.70. The molecule has 4 heteroatoms. The topological polar surface area (TPSA) is 46.2 Å². The van der Waals surface area contributed by atoms with Crippen LogP contribution in [0, 0.1) is 0 Å². The lowest BCUT2D eigenvalue weighted by molar-refractivity contribution is 0.0645. The lowest BCUT2D eigenvalue weighted by atomic mass is 10.1. The molecule has 1 aromatic heterocycles. The Morgan fingerprint density at radius 3 is 3.15 bits per heavy atom. The summed E-state index contributed by atoms with van der Waals surface area (Å²) in [5, 5.41) is 6.73. The zero-order valence-corrected chi connectivity index (χ0v) is 12.2. The molecule has 0 amide bonds. The zero-order chi connectivity index (χ0) is 13.6. The summed E-state index contributed by atoms with van der Waals surface area (Å²) >= 11 is 0. The van der Waals surface area contributed by atoms with Crippen LogP contribution in [0.3, 0.4) is 0 Å². The van der Waals surface area contributed by atoms with E-state index in [-0.39, 0.29) is 0 Å². The lowest BCUT2D eigenvalue weighted by Crippen LogP contribution is -2.17. The van der Waals surface area contributed by atoms with E-state index in [1.54, 1.807) is 0 Å². The maximum Gasteiger partial charge on any atom is 0.129 e. The van der Waals surface area contributed by atoms with Gasteiger partial charge < -0.3 is 15.4 Å². The Hall–Kier alpha value is -1.13. The summed E-state index contributed by atoms with van der Waals surface area (Å²) in [6.07, 6.45) is 7.34. The summed E-state index contributed by atoms with van der Waals surface area (Å²) in [7, 11) is 0. The van der Waals surface area contributed by atoms with E-state index in [4.69, 9.17) is 9.72 Å². The van der Waals surface area contributed by atoms with Gasteiger partial charge in [-0.1, -0.05) is 6.07 Å². The minimum absolute atomic E-state index is 0.445. The van der Waals surface area contributed by atoms with Gasteiger partial charge in [0.15, 0.2) is 0 Å². The van der Waals surface area contributed by atoms with E-state index in [1.165, 1.54) is 24.1 Å².